The molecule has 0 aromatic heterocycles. The van der Waals surface area contributed by atoms with Crippen LogP contribution in [0.25, 0.3) is 0 Å². The Hall–Kier alpha value is -1.18. The third-order valence-electron chi connectivity index (χ3n) is 2.31. The summed E-state index contributed by atoms with van der Waals surface area (Å²) in [5.41, 5.74) is 0.291. The average molecular weight is 163 g/mol. The van der Waals surface area contributed by atoms with Gasteiger partial charge in [-0.3, -0.25) is 0 Å². The van der Waals surface area contributed by atoms with Gasteiger partial charge in [0.1, 0.15) is 12.1 Å². The SMILES string of the molecule is O=CC1(c2[c]ccc(F)c2)CC1. The summed E-state index contributed by atoms with van der Waals surface area (Å²) < 4.78 is 12.7. The standard InChI is InChI=1S/C10H8FO/c11-9-3-1-2-8(6-9)10(7-12)4-5-10/h1,3,6-7H,4-5H2. The van der Waals surface area contributed by atoms with Crippen LogP contribution in [0.1, 0.15) is 18.4 Å². The van der Waals surface area contributed by atoms with Gasteiger partial charge in [-0.15, -0.1) is 0 Å². The first-order chi connectivity index (χ1) is 5.77. The molecule has 1 fully saturated rings. The second kappa shape index (κ2) is 2.41. The van der Waals surface area contributed by atoms with Gasteiger partial charge in [0, 0.05) is 0 Å². The molecule has 0 unspecified atom stereocenters. The van der Waals surface area contributed by atoms with Gasteiger partial charge in [0.2, 0.25) is 0 Å². The minimum atomic E-state index is -0.401. The van der Waals surface area contributed by atoms with Crippen molar-refractivity contribution >= 4 is 6.29 Å². The molecule has 0 aliphatic heterocycles. The first-order valence-electron chi connectivity index (χ1n) is 3.91. The van der Waals surface area contributed by atoms with Crippen LogP contribution < -0.4 is 0 Å². The Morgan fingerprint density at radius 1 is 1.58 bits per heavy atom. The zero-order valence-corrected chi connectivity index (χ0v) is 6.51. The number of carbonyl (C=O) groups excluding carboxylic acids is 1. The zero-order chi connectivity index (χ0) is 8.60. The van der Waals surface area contributed by atoms with Crippen molar-refractivity contribution in [1.29, 1.82) is 0 Å². The van der Waals surface area contributed by atoms with Crippen molar-refractivity contribution in [2.24, 2.45) is 0 Å². The molecule has 1 aromatic carbocycles. The number of rotatable bonds is 2. The third-order valence-corrected chi connectivity index (χ3v) is 2.31. The topological polar surface area (TPSA) is 17.1 Å². The highest BCUT2D eigenvalue weighted by Gasteiger charge is 2.44. The van der Waals surface area contributed by atoms with Crippen LogP contribution in [0.5, 0.6) is 0 Å². The Bertz CT molecular complexity index is 315. The minimum absolute atomic E-state index is 0.295. The highest BCUT2D eigenvalue weighted by Crippen LogP contribution is 2.45. The number of benzene rings is 1. The summed E-state index contributed by atoms with van der Waals surface area (Å²) in [5.74, 6) is -0.295. The molecule has 2 heteroatoms. The molecule has 12 heavy (non-hydrogen) atoms. The van der Waals surface area contributed by atoms with Crippen molar-refractivity contribution in [2.75, 3.05) is 0 Å². The second-order valence-electron chi connectivity index (χ2n) is 3.19. The van der Waals surface area contributed by atoms with Crippen LogP contribution in [-0.4, -0.2) is 6.29 Å². The molecule has 1 aromatic rings. The summed E-state index contributed by atoms with van der Waals surface area (Å²) in [4.78, 5) is 10.7. The fraction of sp³-hybridized carbons (Fsp3) is 0.300. The molecular formula is C10H8FO. The Morgan fingerprint density at radius 2 is 2.33 bits per heavy atom. The zero-order valence-electron chi connectivity index (χ0n) is 6.51. The lowest BCUT2D eigenvalue weighted by Gasteiger charge is -2.05. The van der Waals surface area contributed by atoms with E-state index in [1.165, 1.54) is 18.2 Å². The summed E-state index contributed by atoms with van der Waals surface area (Å²) in [6.07, 6.45) is 2.56. The van der Waals surface area contributed by atoms with E-state index in [-0.39, 0.29) is 5.82 Å². The molecule has 1 nitrogen and oxygen atoms in total. The van der Waals surface area contributed by atoms with Gasteiger partial charge in [-0.2, -0.15) is 0 Å². The van der Waals surface area contributed by atoms with E-state index >= 15 is 0 Å². The third kappa shape index (κ3) is 1.04. The summed E-state index contributed by atoms with van der Waals surface area (Å²) >= 11 is 0. The van der Waals surface area contributed by atoms with E-state index in [0.717, 1.165) is 19.1 Å². The molecule has 0 heterocycles. The molecule has 1 aliphatic rings. The van der Waals surface area contributed by atoms with E-state index in [9.17, 15) is 9.18 Å². The molecule has 0 bridgehead atoms. The molecular weight excluding hydrogens is 155 g/mol. The Labute approximate surface area is 70.2 Å². The smallest absolute Gasteiger partial charge is 0.130 e. The lowest BCUT2D eigenvalue weighted by atomic mass is 9.98. The maximum absolute atomic E-state index is 12.7. The molecule has 0 N–H and O–H groups in total. The predicted molar refractivity (Wildman–Crippen MR) is 42.2 cm³/mol. The number of carbonyl (C=O) groups is 1. The van der Waals surface area contributed by atoms with Crippen LogP contribution in [0.4, 0.5) is 4.39 Å². The maximum atomic E-state index is 12.7. The van der Waals surface area contributed by atoms with Gasteiger partial charge in [-0.1, -0.05) is 6.07 Å². The van der Waals surface area contributed by atoms with E-state index in [4.69, 9.17) is 0 Å². The van der Waals surface area contributed by atoms with Gasteiger partial charge >= 0.3 is 0 Å². The summed E-state index contributed by atoms with van der Waals surface area (Å²) in [7, 11) is 0. The quantitative estimate of drug-likeness (QED) is 0.608. The Morgan fingerprint density at radius 3 is 2.83 bits per heavy atom. The molecule has 1 radical (unpaired) electrons. The number of hydrogen-bond donors (Lipinski definition) is 0. The Balaban J connectivity index is 2.40. The highest BCUT2D eigenvalue weighted by molar-refractivity contribution is 5.72. The minimum Gasteiger partial charge on any atom is -0.302 e. The molecule has 0 atom stereocenters. The van der Waals surface area contributed by atoms with Crippen LogP contribution in [0.15, 0.2) is 18.2 Å². The van der Waals surface area contributed by atoms with Crippen LogP contribution in [0.2, 0.25) is 0 Å². The summed E-state index contributed by atoms with van der Waals surface area (Å²) in [5, 5.41) is 0. The van der Waals surface area contributed by atoms with E-state index in [1.54, 1.807) is 0 Å². The van der Waals surface area contributed by atoms with E-state index < -0.39 is 5.41 Å². The van der Waals surface area contributed by atoms with Crippen molar-refractivity contribution < 1.29 is 9.18 Å². The Kier molecular flexibility index (Phi) is 1.50. The summed E-state index contributed by atoms with van der Waals surface area (Å²) in [6, 6.07) is 7.14. The van der Waals surface area contributed by atoms with Gasteiger partial charge in [-0.05, 0) is 36.6 Å². The molecule has 2 rings (SSSR count). The lowest BCUT2D eigenvalue weighted by molar-refractivity contribution is -0.109. The normalized spacial score (nSPS) is 18.8. The lowest BCUT2D eigenvalue weighted by Crippen LogP contribution is -2.07. The van der Waals surface area contributed by atoms with Crippen LogP contribution in [-0.2, 0) is 10.2 Å². The van der Waals surface area contributed by atoms with Crippen molar-refractivity contribution in [3.63, 3.8) is 0 Å². The van der Waals surface area contributed by atoms with Crippen molar-refractivity contribution in [1.82, 2.24) is 0 Å². The monoisotopic (exact) mass is 163 g/mol. The first-order valence-corrected chi connectivity index (χ1v) is 3.91. The fourth-order valence-corrected chi connectivity index (χ4v) is 1.31. The van der Waals surface area contributed by atoms with Gasteiger partial charge in [-0.25, -0.2) is 4.39 Å². The summed E-state index contributed by atoms with van der Waals surface area (Å²) in [6.45, 7) is 0. The molecule has 0 saturated heterocycles. The first kappa shape index (κ1) is 7.47. The second-order valence-corrected chi connectivity index (χ2v) is 3.19. The maximum Gasteiger partial charge on any atom is 0.130 e. The van der Waals surface area contributed by atoms with Gasteiger partial charge in [0.05, 0.1) is 5.41 Å². The predicted octanol–water partition coefficient (Wildman–Crippen LogP) is 1.86. The van der Waals surface area contributed by atoms with Crippen molar-refractivity contribution in [3.05, 3.63) is 35.6 Å². The highest BCUT2D eigenvalue weighted by atomic mass is 19.1. The van der Waals surface area contributed by atoms with Gasteiger partial charge in [0.25, 0.3) is 0 Å². The van der Waals surface area contributed by atoms with Gasteiger partial charge in [0.15, 0.2) is 0 Å². The molecule has 61 valence electrons. The molecule has 1 saturated carbocycles. The van der Waals surface area contributed by atoms with Gasteiger partial charge < -0.3 is 4.79 Å². The largest absolute Gasteiger partial charge is 0.302 e. The van der Waals surface area contributed by atoms with Crippen LogP contribution in [0.3, 0.4) is 0 Å². The molecule has 1 aliphatic carbocycles. The van der Waals surface area contributed by atoms with E-state index in [0.29, 0.717) is 5.56 Å². The van der Waals surface area contributed by atoms with E-state index in [2.05, 4.69) is 6.07 Å². The van der Waals surface area contributed by atoms with Crippen LogP contribution >= 0.6 is 0 Å². The molecule has 0 spiro atoms. The number of aldehydes is 1. The average Bonchev–Trinajstić information content (AvgIpc) is 2.84. The van der Waals surface area contributed by atoms with Crippen molar-refractivity contribution in [3.8, 4) is 0 Å². The molecule has 0 amide bonds. The fourth-order valence-electron chi connectivity index (χ4n) is 1.31. The number of halogens is 1. The van der Waals surface area contributed by atoms with Crippen LogP contribution in [0, 0.1) is 11.9 Å². The van der Waals surface area contributed by atoms with Crippen molar-refractivity contribution in [2.45, 2.75) is 18.3 Å². The number of hydrogen-bond acceptors (Lipinski definition) is 1. The van der Waals surface area contributed by atoms with E-state index in [1.807, 2.05) is 0 Å².